The number of amides is 1. The number of hydrogen-bond acceptors (Lipinski definition) is 7. The van der Waals surface area contributed by atoms with E-state index in [1.54, 1.807) is 0 Å². The first-order valence-electron chi connectivity index (χ1n) is 15.0. The molecule has 8 nitrogen and oxygen atoms in total. The van der Waals surface area contributed by atoms with Crippen molar-refractivity contribution in [1.29, 1.82) is 0 Å². The van der Waals surface area contributed by atoms with Gasteiger partial charge in [-0.15, -0.1) is 0 Å². The minimum atomic E-state index is -0.926. The summed E-state index contributed by atoms with van der Waals surface area (Å²) in [6.45, 7) is 8.85. The Hall–Kier alpha value is -3.56. The van der Waals surface area contributed by atoms with Gasteiger partial charge in [0.2, 0.25) is 5.91 Å². The van der Waals surface area contributed by atoms with Crippen LogP contribution in [-0.4, -0.2) is 48.6 Å². The molecule has 0 aromatic heterocycles. The molecule has 2 N–H and O–H groups in total. The number of esters is 1. The predicted octanol–water partition coefficient (Wildman–Crippen LogP) is 5.16. The minimum Gasteiger partial charge on any atom is -0.459 e. The topological polar surface area (TPSA) is 95.1 Å². The summed E-state index contributed by atoms with van der Waals surface area (Å²) in [7, 11) is 0. The Morgan fingerprint density at radius 3 is 1.95 bits per heavy atom. The van der Waals surface area contributed by atoms with E-state index in [9.17, 15) is 9.59 Å². The maximum Gasteiger partial charge on any atom is 0.328 e. The number of carbonyl (C=O) groups excluding carboxylic acids is 2. The van der Waals surface area contributed by atoms with Crippen LogP contribution in [0.5, 0.6) is 0 Å². The van der Waals surface area contributed by atoms with Crippen molar-refractivity contribution in [3.63, 3.8) is 0 Å². The average molecular weight is 589 g/mol. The van der Waals surface area contributed by atoms with Crippen molar-refractivity contribution < 1.29 is 28.5 Å². The van der Waals surface area contributed by atoms with E-state index >= 15 is 0 Å². The van der Waals surface area contributed by atoms with Gasteiger partial charge in [0, 0.05) is 6.54 Å². The van der Waals surface area contributed by atoms with Gasteiger partial charge in [0.15, 0.2) is 5.79 Å². The largest absolute Gasteiger partial charge is 0.459 e. The molecule has 1 aliphatic rings. The van der Waals surface area contributed by atoms with Crippen molar-refractivity contribution in [3.8, 4) is 0 Å². The third kappa shape index (κ3) is 10.3. The second kappa shape index (κ2) is 15.8. The molecule has 0 spiro atoms. The molecule has 4 atom stereocenters. The molecule has 1 aliphatic heterocycles. The van der Waals surface area contributed by atoms with Crippen molar-refractivity contribution in [1.82, 2.24) is 10.6 Å². The molecule has 230 valence electrons. The Balaban J connectivity index is 1.50. The fourth-order valence-electron chi connectivity index (χ4n) is 5.10. The monoisotopic (exact) mass is 588 g/mol. The summed E-state index contributed by atoms with van der Waals surface area (Å²) in [5, 5.41) is 6.36. The van der Waals surface area contributed by atoms with E-state index in [0.29, 0.717) is 19.6 Å². The number of hydrogen-bond donors (Lipinski definition) is 2. The van der Waals surface area contributed by atoms with Gasteiger partial charge in [-0.25, -0.2) is 4.79 Å². The number of benzene rings is 3. The van der Waals surface area contributed by atoms with Gasteiger partial charge in [-0.3, -0.25) is 10.1 Å². The maximum atomic E-state index is 14.0. The van der Waals surface area contributed by atoms with Crippen molar-refractivity contribution in [2.75, 3.05) is 6.61 Å². The van der Waals surface area contributed by atoms with E-state index in [4.69, 9.17) is 18.9 Å². The van der Waals surface area contributed by atoms with Crippen LogP contribution in [-0.2, 0) is 48.3 Å². The average Bonchev–Trinajstić information content (AvgIpc) is 3.30. The summed E-state index contributed by atoms with van der Waals surface area (Å²) < 4.78 is 24.2. The van der Waals surface area contributed by atoms with Crippen LogP contribution in [0.2, 0.25) is 0 Å². The van der Waals surface area contributed by atoms with Gasteiger partial charge < -0.3 is 24.3 Å². The number of nitrogens with one attached hydrogen (secondary N) is 2. The van der Waals surface area contributed by atoms with Gasteiger partial charge in [-0.2, -0.15) is 0 Å². The molecule has 3 aromatic carbocycles. The highest BCUT2D eigenvalue weighted by Gasteiger charge is 2.48. The van der Waals surface area contributed by atoms with E-state index in [0.717, 1.165) is 16.7 Å². The van der Waals surface area contributed by atoms with Crippen molar-refractivity contribution >= 4 is 11.9 Å². The first kappa shape index (κ1) is 32.4. The van der Waals surface area contributed by atoms with Gasteiger partial charge in [-0.05, 0) is 42.9 Å². The SMILES string of the molecule is CC(C)C[C@H](NC(=O)[C@H](NCc1ccccc1)[C@@H]1OC(C)(C)O[C@H]1COCc1ccccc1)C(=O)OCc1ccccc1. The molecule has 1 amide bonds. The Morgan fingerprint density at radius 1 is 0.814 bits per heavy atom. The zero-order valence-electron chi connectivity index (χ0n) is 25.5. The van der Waals surface area contributed by atoms with E-state index in [1.165, 1.54) is 0 Å². The van der Waals surface area contributed by atoms with Crippen LogP contribution in [0.1, 0.15) is 50.8 Å². The molecule has 1 fully saturated rings. The second-order valence-corrected chi connectivity index (χ2v) is 11.8. The normalized spacial score (nSPS) is 19.1. The summed E-state index contributed by atoms with van der Waals surface area (Å²) in [6, 6.07) is 27.5. The van der Waals surface area contributed by atoms with Crippen LogP contribution < -0.4 is 10.6 Å². The molecule has 43 heavy (non-hydrogen) atoms. The van der Waals surface area contributed by atoms with Gasteiger partial charge in [0.25, 0.3) is 0 Å². The van der Waals surface area contributed by atoms with Crippen LogP contribution in [0.15, 0.2) is 91.0 Å². The van der Waals surface area contributed by atoms with Crippen molar-refractivity contribution in [3.05, 3.63) is 108 Å². The molecule has 8 heteroatoms. The molecule has 0 aliphatic carbocycles. The Labute approximate surface area is 255 Å². The quantitative estimate of drug-likeness (QED) is 0.237. The molecule has 3 aromatic rings. The number of carbonyl (C=O) groups is 2. The third-order valence-corrected chi connectivity index (χ3v) is 7.13. The summed E-state index contributed by atoms with van der Waals surface area (Å²) in [5.41, 5.74) is 2.93. The standard InChI is InChI=1S/C35H44N2O6/c1-25(2)20-29(34(39)41-23-28-18-12-7-13-19-28)37-33(38)31(36-21-26-14-8-5-9-15-26)32-30(42-35(3,4)43-32)24-40-22-27-16-10-6-11-17-27/h5-19,25,29-32,36H,20-24H2,1-4H3,(H,37,38)/t29-,30-,31+,32+/m0/s1. The lowest BCUT2D eigenvalue weighted by atomic mass is 10.0. The van der Waals surface area contributed by atoms with E-state index in [2.05, 4.69) is 10.6 Å². The van der Waals surface area contributed by atoms with Crippen molar-refractivity contribution in [2.24, 2.45) is 5.92 Å². The number of rotatable bonds is 15. The summed E-state index contributed by atoms with van der Waals surface area (Å²) in [5.74, 6) is -1.61. The highest BCUT2D eigenvalue weighted by Crippen LogP contribution is 2.31. The van der Waals surface area contributed by atoms with Gasteiger partial charge >= 0.3 is 5.97 Å². The van der Waals surface area contributed by atoms with E-state index < -0.39 is 36.0 Å². The van der Waals surface area contributed by atoms with Crippen LogP contribution in [0, 0.1) is 5.92 Å². The van der Waals surface area contributed by atoms with Gasteiger partial charge in [0.05, 0.1) is 13.2 Å². The zero-order chi connectivity index (χ0) is 30.7. The lowest BCUT2D eigenvalue weighted by molar-refractivity contribution is -0.156. The molecule has 0 unspecified atom stereocenters. The highest BCUT2D eigenvalue weighted by molar-refractivity contribution is 5.88. The molecular formula is C35H44N2O6. The molecule has 0 saturated carbocycles. The first-order chi connectivity index (χ1) is 20.7. The summed E-state index contributed by atoms with van der Waals surface area (Å²) in [4.78, 5) is 27.2. The third-order valence-electron chi connectivity index (χ3n) is 7.13. The Kier molecular flexibility index (Phi) is 11.9. The first-order valence-corrected chi connectivity index (χ1v) is 15.0. The van der Waals surface area contributed by atoms with E-state index in [-0.39, 0.29) is 25.0 Å². The van der Waals surface area contributed by atoms with E-state index in [1.807, 2.05) is 119 Å². The lowest BCUT2D eigenvalue weighted by Crippen LogP contribution is -2.57. The van der Waals surface area contributed by atoms with Crippen LogP contribution >= 0.6 is 0 Å². The fourth-order valence-corrected chi connectivity index (χ4v) is 5.10. The maximum absolute atomic E-state index is 14.0. The molecule has 1 saturated heterocycles. The van der Waals surface area contributed by atoms with Gasteiger partial charge in [-0.1, -0.05) is 105 Å². The highest BCUT2D eigenvalue weighted by atomic mass is 16.8. The molecule has 1 heterocycles. The summed E-state index contributed by atoms with van der Waals surface area (Å²) in [6.07, 6.45) is -0.761. The fraction of sp³-hybridized carbons (Fsp3) is 0.429. The van der Waals surface area contributed by atoms with Gasteiger partial charge in [0.1, 0.15) is 30.9 Å². The zero-order valence-corrected chi connectivity index (χ0v) is 25.5. The van der Waals surface area contributed by atoms with Crippen molar-refractivity contribution in [2.45, 2.75) is 84.0 Å². The molecule has 0 radical (unpaired) electrons. The second-order valence-electron chi connectivity index (χ2n) is 11.8. The minimum absolute atomic E-state index is 0.133. The molecule has 4 rings (SSSR count). The Bertz CT molecular complexity index is 1270. The Morgan fingerprint density at radius 2 is 1.37 bits per heavy atom. The molecule has 0 bridgehead atoms. The van der Waals surface area contributed by atoms with Crippen LogP contribution in [0.25, 0.3) is 0 Å². The molecular weight excluding hydrogens is 544 g/mol. The number of ether oxygens (including phenoxy) is 4. The van der Waals surface area contributed by atoms with Crippen LogP contribution in [0.3, 0.4) is 0 Å². The smallest absolute Gasteiger partial charge is 0.328 e. The van der Waals surface area contributed by atoms with Crippen LogP contribution in [0.4, 0.5) is 0 Å². The summed E-state index contributed by atoms with van der Waals surface area (Å²) >= 11 is 0. The predicted molar refractivity (Wildman–Crippen MR) is 165 cm³/mol. The lowest BCUT2D eigenvalue weighted by Gasteiger charge is -2.29.